The number of hydrogen-bond donors (Lipinski definition) is 0. The molecule has 0 amide bonds. The number of methoxy groups -OCH3 is 2. The summed E-state index contributed by atoms with van der Waals surface area (Å²) in [6.45, 7) is 3.71. The lowest BCUT2D eigenvalue weighted by atomic mass is 10.1. The predicted octanol–water partition coefficient (Wildman–Crippen LogP) is 4.61. The van der Waals surface area contributed by atoms with Crippen LogP contribution in [0.5, 0.6) is 11.5 Å². The van der Waals surface area contributed by atoms with Gasteiger partial charge in [0.25, 0.3) is 0 Å². The number of aromatic nitrogens is 2. The maximum atomic E-state index is 5.55. The molecule has 0 atom stereocenters. The van der Waals surface area contributed by atoms with Crippen LogP contribution in [0, 0.1) is 0 Å². The predicted molar refractivity (Wildman–Crippen MR) is 123 cm³/mol. The molecule has 1 aliphatic heterocycles. The standard InChI is InChI=1S/C23H25BrN4O2/c1-29-20-13-16-18(14-21(20)30-2)25-22(15-7-8-15)26-23(16)28-11-9-27(10-12-28)19-6-4-3-5-17(19)24/h3-6,13-15H,7-12H2,1-2H3. The van der Waals surface area contributed by atoms with Crippen LogP contribution in [0.25, 0.3) is 10.9 Å². The second kappa shape index (κ2) is 7.95. The van der Waals surface area contributed by atoms with Crippen molar-refractivity contribution in [2.24, 2.45) is 0 Å². The van der Waals surface area contributed by atoms with Crippen molar-refractivity contribution in [2.75, 3.05) is 50.2 Å². The Kier molecular flexibility index (Phi) is 5.15. The normalized spacial score (nSPS) is 16.8. The molecule has 5 rings (SSSR count). The first-order valence-electron chi connectivity index (χ1n) is 10.4. The van der Waals surface area contributed by atoms with Crippen molar-refractivity contribution >= 4 is 38.3 Å². The number of anilines is 2. The Morgan fingerprint density at radius 1 is 0.900 bits per heavy atom. The molecule has 2 heterocycles. The first-order valence-corrected chi connectivity index (χ1v) is 11.2. The molecule has 156 valence electrons. The number of benzene rings is 2. The molecule has 0 bridgehead atoms. The fourth-order valence-electron chi connectivity index (χ4n) is 4.09. The number of para-hydroxylation sites is 1. The Morgan fingerprint density at radius 3 is 2.23 bits per heavy atom. The van der Waals surface area contributed by atoms with E-state index in [2.05, 4.69) is 50.0 Å². The maximum Gasteiger partial charge on any atom is 0.162 e. The van der Waals surface area contributed by atoms with Gasteiger partial charge in [0.15, 0.2) is 11.5 Å². The minimum atomic E-state index is 0.489. The monoisotopic (exact) mass is 468 g/mol. The van der Waals surface area contributed by atoms with E-state index in [1.807, 2.05) is 12.1 Å². The van der Waals surface area contributed by atoms with Crippen LogP contribution < -0.4 is 19.3 Å². The van der Waals surface area contributed by atoms with Crippen LogP contribution in [-0.4, -0.2) is 50.4 Å². The molecule has 6 nitrogen and oxygen atoms in total. The number of halogens is 1. The molecule has 2 aromatic carbocycles. The van der Waals surface area contributed by atoms with Crippen LogP contribution in [0.1, 0.15) is 24.6 Å². The van der Waals surface area contributed by atoms with Crippen molar-refractivity contribution in [1.29, 1.82) is 0 Å². The van der Waals surface area contributed by atoms with Crippen LogP contribution in [-0.2, 0) is 0 Å². The second-order valence-electron chi connectivity index (χ2n) is 7.83. The van der Waals surface area contributed by atoms with Crippen molar-refractivity contribution in [1.82, 2.24) is 9.97 Å². The summed E-state index contributed by atoms with van der Waals surface area (Å²) in [7, 11) is 3.33. The van der Waals surface area contributed by atoms with E-state index in [0.29, 0.717) is 17.4 Å². The molecule has 2 fully saturated rings. The van der Waals surface area contributed by atoms with E-state index in [0.717, 1.165) is 53.2 Å². The van der Waals surface area contributed by atoms with Gasteiger partial charge in [-0.25, -0.2) is 9.97 Å². The summed E-state index contributed by atoms with van der Waals surface area (Å²) in [4.78, 5) is 14.7. The summed E-state index contributed by atoms with van der Waals surface area (Å²) < 4.78 is 12.2. The van der Waals surface area contributed by atoms with Gasteiger partial charge in [-0.2, -0.15) is 0 Å². The highest BCUT2D eigenvalue weighted by atomic mass is 79.9. The highest BCUT2D eigenvalue weighted by molar-refractivity contribution is 9.10. The van der Waals surface area contributed by atoms with E-state index in [4.69, 9.17) is 19.4 Å². The average Bonchev–Trinajstić information content (AvgIpc) is 3.63. The molecule has 1 aliphatic carbocycles. The molecular formula is C23H25BrN4O2. The van der Waals surface area contributed by atoms with Crippen LogP contribution >= 0.6 is 15.9 Å². The van der Waals surface area contributed by atoms with E-state index in [1.165, 1.54) is 18.5 Å². The van der Waals surface area contributed by atoms with Gasteiger partial charge in [0.05, 0.1) is 25.4 Å². The largest absolute Gasteiger partial charge is 0.493 e. The van der Waals surface area contributed by atoms with Gasteiger partial charge in [-0.3, -0.25) is 0 Å². The highest BCUT2D eigenvalue weighted by Gasteiger charge is 2.30. The number of hydrogen-bond acceptors (Lipinski definition) is 6. The number of fused-ring (bicyclic) bond motifs is 1. The smallest absolute Gasteiger partial charge is 0.162 e. The van der Waals surface area contributed by atoms with E-state index in [1.54, 1.807) is 14.2 Å². The molecule has 7 heteroatoms. The molecule has 1 saturated carbocycles. The van der Waals surface area contributed by atoms with Crippen molar-refractivity contribution in [2.45, 2.75) is 18.8 Å². The minimum Gasteiger partial charge on any atom is -0.493 e. The van der Waals surface area contributed by atoms with Gasteiger partial charge in [-0.1, -0.05) is 12.1 Å². The summed E-state index contributed by atoms with van der Waals surface area (Å²) in [5, 5.41) is 1.02. The molecular weight excluding hydrogens is 444 g/mol. The van der Waals surface area contributed by atoms with Gasteiger partial charge < -0.3 is 19.3 Å². The quantitative estimate of drug-likeness (QED) is 0.544. The fourth-order valence-corrected chi connectivity index (χ4v) is 4.63. The van der Waals surface area contributed by atoms with Crippen molar-refractivity contribution in [3.8, 4) is 11.5 Å². The van der Waals surface area contributed by atoms with Gasteiger partial charge in [0.2, 0.25) is 0 Å². The first-order chi connectivity index (χ1) is 14.7. The minimum absolute atomic E-state index is 0.489. The van der Waals surface area contributed by atoms with Crippen LogP contribution in [0.2, 0.25) is 0 Å². The number of rotatable bonds is 5. The number of piperazine rings is 1. The summed E-state index contributed by atoms with van der Waals surface area (Å²) in [5.74, 6) is 3.87. The summed E-state index contributed by atoms with van der Waals surface area (Å²) in [6, 6.07) is 12.4. The zero-order valence-electron chi connectivity index (χ0n) is 17.3. The third-order valence-electron chi connectivity index (χ3n) is 5.91. The Bertz CT molecular complexity index is 1080. The number of nitrogens with zero attached hydrogens (tertiary/aromatic N) is 4. The lowest BCUT2D eigenvalue weighted by Crippen LogP contribution is -2.47. The van der Waals surface area contributed by atoms with Crippen LogP contribution in [0.4, 0.5) is 11.5 Å². The van der Waals surface area contributed by atoms with Crippen LogP contribution in [0.3, 0.4) is 0 Å². The summed E-state index contributed by atoms with van der Waals surface area (Å²) in [6.07, 6.45) is 2.35. The summed E-state index contributed by atoms with van der Waals surface area (Å²) >= 11 is 3.68. The molecule has 0 unspecified atom stereocenters. The van der Waals surface area contributed by atoms with Crippen LogP contribution in [0.15, 0.2) is 40.9 Å². The Hall–Kier alpha value is -2.54. The first kappa shape index (κ1) is 19.4. The second-order valence-corrected chi connectivity index (χ2v) is 8.68. The molecule has 0 spiro atoms. The Morgan fingerprint density at radius 2 is 1.57 bits per heavy atom. The zero-order chi connectivity index (χ0) is 20.7. The van der Waals surface area contributed by atoms with Gasteiger partial charge in [0.1, 0.15) is 11.6 Å². The Balaban J connectivity index is 1.49. The average molecular weight is 469 g/mol. The molecule has 2 aliphatic rings. The van der Waals surface area contributed by atoms with Gasteiger partial charge in [0, 0.05) is 48.0 Å². The highest BCUT2D eigenvalue weighted by Crippen LogP contribution is 2.42. The number of ether oxygens (including phenoxy) is 2. The fraction of sp³-hybridized carbons (Fsp3) is 0.391. The van der Waals surface area contributed by atoms with Gasteiger partial charge in [-0.05, 0) is 47.0 Å². The van der Waals surface area contributed by atoms with Gasteiger partial charge >= 0.3 is 0 Å². The third-order valence-corrected chi connectivity index (χ3v) is 6.58. The maximum absolute atomic E-state index is 5.55. The van der Waals surface area contributed by atoms with E-state index < -0.39 is 0 Å². The SMILES string of the molecule is COc1cc2nc(C3CC3)nc(N3CCN(c4ccccc4Br)CC3)c2cc1OC. The zero-order valence-corrected chi connectivity index (χ0v) is 18.9. The third kappa shape index (κ3) is 3.55. The van der Waals surface area contributed by atoms with Crippen molar-refractivity contribution in [3.63, 3.8) is 0 Å². The van der Waals surface area contributed by atoms with Crippen molar-refractivity contribution < 1.29 is 9.47 Å². The molecule has 1 aromatic heterocycles. The Labute approximate surface area is 184 Å². The molecule has 0 radical (unpaired) electrons. The molecule has 1 saturated heterocycles. The molecule has 0 N–H and O–H groups in total. The lowest BCUT2D eigenvalue weighted by molar-refractivity contribution is 0.355. The topological polar surface area (TPSA) is 50.7 Å². The van der Waals surface area contributed by atoms with Gasteiger partial charge in [-0.15, -0.1) is 0 Å². The molecule has 30 heavy (non-hydrogen) atoms. The van der Waals surface area contributed by atoms with E-state index in [-0.39, 0.29) is 0 Å². The van der Waals surface area contributed by atoms with E-state index in [9.17, 15) is 0 Å². The van der Waals surface area contributed by atoms with E-state index >= 15 is 0 Å². The summed E-state index contributed by atoms with van der Waals surface area (Å²) in [5.41, 5.74) is 2.17. The lowest BCUT2D eigenvalue weighted by Gasteiger charge is -2.37. The molecule has 3 aromatic rings. The van der Waals surface area contributed by atoms with Crippen molar-refractivity contribution in [3.05, 3.63) is 46.7 Å².